The van der Waals surface area contributed by atoms with Crippen molar-refractivity contribution in [3.63, 3.8) is 0 Å². The van der Waals surface area contributed by atoms with Crippen molar-refractivity contribution >= 4 is 0 Å². The minimum Gasteiger partial charge on any atom is -0.0877 e. The second-order valence-corrected chi connectivity index (χ2v) is 14.1. The van der Waals surface area contributed by atoms with E-state index >= 15 is 0 Å². The monoisotopic (exact) mass is 967 g/mol. The summed E-state index contributed by atoms with van der Waals surface area (Å²) >= 11 is 0. The third-order valence-corrected chi connectivity index (χ3v) is 8.05. The van der Waals surface area contributed by atoms with Crippen molar-refractivity contribution in [3.05, 3.63) is 437 Å². The maximum Gasteiger partial charge on any atom is -0.0467 e. The summed E-state index contributed by atoms with van der Waals surface area (Å²) in [6.07, 6.45) is 144. The van der Waals surface area contributed by atoms with Crippen molar-refractivity contribution in [1.29, 1.82) is 0 Å². The average molecular weight is 967 g/mol. The Morgan fingerprint density at radius 2 is 0.108 bits per heavy atom. The van der Waals surface area contributed by atoms with Gasteiger partial charge in [0, 0.05) is 0 Å². The Hall–Kier alpha value is -9.36. The number of rotatable bonds is 35. The highest BCUT2D eigenvalue weighted by molar-refractivity contribution is 5.28. The molecule has 0 aliphatic rings. The Labute approximate surface area is 449 Å². The van der Waals surface area contributed by atoms with Crippen LogP contribution in [0.1, 0.15) is 13.8 Å². The van der Waals surface area contributed by atoms with Gasteiger partial charge in [-0.2, -0.15) is 0 Å². The molecule has 0 heterocycles. The first-order valence-corrected chi connectivity index (χ1v) is 24.8. The Morgan fingerprint density at radius 3 is 0.149 bits per heavy atom. The smallest absolute Gasteiger partial charge is 0.0467 e. The molecule has 0 N–H and O–H groups in total. The quantitative estimate of drug-likeness (QED) is 0.0555. The van der Waals surface area contributed by atoms with E-state index in [2.05, 4.69) is 0 Å². The molecular formula is C74H78. The summed E-state index contributed by atoms with van der Waals surface area (Å²) in [6, 6.07) is 0. The SMILES string of the molecule is CC=CC=CC=CC=CC=CC=CC=CC=CC=CC=CC=CC=CC=CC=CC=CC=CC=CC=CC=CC=CC=CC=CC=CC=CC=CC=CC=CC=CC=CC=CC=CC=CC=CC=CC=CC=CC. The van der Waals surface area contributed by atoms with Gasteiger partial charge < -0.3 is 0 Å². The first kappa shape index (κ1) is 64.6. The Balaban J connectivity index is 4.10. The molecule has 0 fully saturated rings. The van der Waals surface area contributed by atoms with E-state index < -0.39 is 0 Å². The Bertz CT molecular complexity index is 2370. The van der Waals surface area contributed by atoms with Crippen molar-refractivity contribution in [3.8, 4) is 0 Å². The molecule has 0 unspecified atom stereocenters. The lowest BCUT2D eigenvalue weighted by Gasteiger charge is -1.77. The van der Waals surface area contributed by atoms with Crippen molar-refractivity contribution in [2.75, 3.05) is 0 Å². The molecule has 74 heavy (non-hydrogen) atoms. The third-order valence-electron chi connectivity index (χ3n) is 8.05. The highest BCUT2D eigenvalue weighted by Gasteiger charge is 1.71. The molecule has 0 aromatic heterocycles. The highest BCUT2D eigenvalue weighted by atomic mass is 13.8. The summed E-state index contributed by atoms with van der Waals surface area (Å²) in [5.74, 6) is 0. The molecule has 0 heteroatoms. The first-order chi connectivity index (χ1) is 36.9. The zero-order valence-corrected chi connectivity index (χ0v) is 43.6. The largest absolute Gasteiger partial charge is 0.0877 e. The van der Waals surface area contributed by atoms with Crippen LogP contribution >= 0.6 is 0 Å². The fourth-order valence-electron chi connectivity index (χ4n) is 4.58. The standard InChI is InChI=1S/C74H78/c1-3-5-7-9-11-13-15-17-19-21-23-25-27-29-31-33-35-37-39-41-43-45-47-49-51-53-55-57-59-61-63-65-67-69-71-73-74-72-70-68-66-64-62-60-58-56-54-52-50-48-46-44-42-40-38-36-34-32-30-28-26-24-22-20-18-16-14-12-10-8-6-4-2/h3-74H,1-2H3. The van der Waals surface area contributed by atoms with Gasteiger partial charge in [-0.3, -0.25) is 0 Å². The van der Waals surface area contributed by atoms with E-state index in [1.54, 1.807) is 0 Å². The average Bonchev–Trinajstić information content (AvgIpc) is 3.41. The first-order valence-electron chi connectivity index (χ1n) is 24.8. The fraction of sp³-hybridized carbons (Fsp3) is 0.0270. The lowest BCUT2D eigenvalue weighted by molar-refractivity contribution is 1.73. The predicted octanol–water partition coefficient (Wildman–Crippen LogP) is 21.0. The van der Waals surface area contributed by atoms with E-state index in [9.17, 15) is 0 Å². The second-order valence-electron chi connectivity index (χ2n) is 14.1. The van der Waals surface area contributed by atoms with Crippen molar-refractivity contribution in [2.45, 2.75) is 13.8 Å². The van der Waals surface area contributed by atoms with Gasteiger partial charge in [0.2, 0.25) is 0 Å². The van der Waals surface area contributed by atoms with E-state index in [0.717, 1.165) is 0 Å². The van der Waals surface area contributed by atoms with Crippen LogP contribution in [0.2, 0.25) is 0 Å². The summed E-state index contributed by atoms with van der Waals surface area (Å²) in [6.45, 7) is 4.00. The third kappa shape index (κ3) is 62.6. The molecule has 0 radical (unpaired) electrons. The molecule has 0 rings (SSSR count). The van der Waals surface area contributed by atoms with Crippen molar-refractivity contribution in [2.24, 2.45) is 0 Å². The lowest BCUT2D eigenvalue weighted by Crippen LogP contribution is -1.55. The Kier molecular flexibility index (Phi) is 55.6. The molecule has 0 spiro atoms. The van der Waals surface area contributed by atoms with Gasteiger partial charge in [0.05, 0.1) is 0 Å². The molecule has 0 atom stereocenters. The summed E-state index contributed by atoms with van der Waals surface area (Å²) in [7, 11) is 0. The van der Waals surface area contributed by atoms with Crippen LogP contribution < -0.4 is 0 Å². The minimum absolute atomic E-state index is 2.00. The summed E-state index contributed by atoms with van der Waals surface area (Å²) in [5, 5.41) is 0. The number of hydrogen-bond acceptors (Lipinski definition) is 0. The van der Waals surface area contributed by atoms with Gasteiger partial charge in [-0.05, 0) is 13.8 Å². The molecule has 374 valence electrons. The summed E-state index contributed by atoms with van der Waals surface area (Å²) < 4.78 is 0. The normalized spacial score (nSPS) is 15.6. The predicted molar refractivity (Wildman–Crippen MR) is 340 cm³/mol. The maximum absolute atomic E-state index is 2.00. The zero-order valence-electron chi connectivity index (χ0n) is 43.6. The van der Waals surface area contributed by atoms with E-state index in [1.165, 1.54) is 0 Å². The van der Waals surface area contributed by atoms with Gasteiger partial charge in [-0.1, -0.05) is 437 Å². The maximum atomic E-state index is 2.00. The number of hydrogen-bond donors (Lipinski definition) is 0. The molecule has 0 amide bonds. The molecule has 0 bridgehead atoms. The molecule has 0 aliphatic heterocycles. The molecule has 0 nitrogen and oxygen atoms in total. The van der Waals surface area contributed by atoms with Crippen LogP contribution in [0.15, 0.2) is 437 Å². The minimum atomic E-state index is 2.00. The van der Waals surface area contributed by atoms with Crippen LogP contribution in [0.4, 0.5) is 0 Å². The molecule has 0 saturated carbocycles. The van der Waals surface area contributed by atoms with Gasteiger partial charge in [0.1, 0.15) is 0 Å². The summed E-state index contributed by atoms with van der Waals surface area (Å²) in [5.41, 5.74) is 0. The van der Waals surface area contributed by atoms with Crippen LogP contribution in [0.25, 0.3) is 0 Å². The van der Waals surface area contributed by atoms with Crippen LogP contribution in [-0.2, 0) is 0 Å². The van der Waals surface area contributed by atoms with E-state index in [0.29, 0.717) is 0 Å². The summed E-state index contributed by atoms with van der Waals surface area (Å²) in [4.78, 5) is 0. The fourth-order valence-corrected chi connectivity index (χ4v) is 4.58. The molecule has 0 saturated heterocycles. The topological polar surface area (TPSA) is 0 Å². The van der Waals surface area contributed by atoms with Gasteiger partial charge in [-0.25, -0.2) is 0 Å². The van der Waals surface area contributed by atoms with E-state index in [-0.39, 0.29) is 0 Å². The van der Waals surface area contributed by atoms with Gasteiger partial charge in [0.25, 0.3) is 0 Å². The van der Waals surface area contributed by atoms with Crippen LogP contribution in [0.3, 0.4) is 0 Å². The second kappa shape index (κ2) is 63.6. The lowest BCUT2D eigenvalue weighted by atomic mass is 10.3. The van der Waals surface area contributed by atoms with E-state index in [1.807, 2.05) is 451 Å². The molecule has 0 aromatic carbocycles. The van der Waals surface area contributed by atoms with Crippen LogP contribution in [-0.4, -0.2) is 0 Å². The number of allylic oxidation sites excluding steroid dienone is 72. The van der Waals surface area contributed by atoms with Gasteiger partial charge in [-0.15, -0.1) is 0 Å². The van der Waals surface area contributed by atoms with Crippen molar-refractivity contribution < 1.29 is 0 Å². The Morgan fingerprint density at radius 1 is 0.0676 bits per heavy atom. The molecule has 0 aliphatic carbocycles. The van der Waals surface area contributed by atoms with Crippen LogP contribution in [0, 0.1) is 0 Å². The van der Waals surface area contributed by atoms with Crippen LogP contribution in [0.5, 0.6) is 0 Å². The van der Waals surface area contributed by atoms with Gasteiger partial charge in [0.15, 0.2) is 0 Å². The van der Waals surface area contributed by atoms with E-state index in [4.69, 9.17) is 0 Å². The molecular weight excluding hydrogens is 889 g/mol. The van der Waals surface area contributed by atoms with Gasteiger partial charge >= 0.3 is 0 Å². The van der Waals surface area contributed by atoms with Crippen molar-refractivity contribution in [1.82, 2.24) is 0 Å². The molecule has 0 aromatic rings. The zero-order chi connectivity index (χ0) is 52.9. The highest BCUT2D eigenvalue weighted by Crippen LogP contribution is 1.93.